The highest BCUT2D eigenvalue weighted by atomic mass is 35.5. The predicted octanol–water partition coefficient (Wildman–Crippen LogP) is 4.50. The number of para-hydroxylation sites is 1. The second-order valence-corrected chi connectivity index (χ2v) is 7.87. The molecule has 0 radical (unpaired) electrons. The number of nitrogens with one attached hydrogen (secondary N) is 1. The normalized spacial score (nSPS) is 19.5. The third-order valence-corrected chi connectivity index (χ3v) is 5.77. The highest BCUT2D eigenvalue weighted by Gasteiger charge is 2.26. The van der Waals surface area contributed by atoms with E-state index in [1.165, 1.54) is 0 Å². The number of benzene rings is 2. The average Bonchev–Trinajstić information content (AvgIpc) is 2.72. The van der Waals surface area contributed by atoms with Gasteiger partial charge in [-0.1, -0.05) is 23.7 Å². The van der Waals surface area contributed by atoms with Gasteiger partial charge in [-0.2, -0.15) is 0 Å². The van der Waals surface area contributed by atoms with E-state index in [-0.39, 0.29) is 17.4 Å². The number of carbonyl (C=O) groups excluding carboxylic acids is 1. The summed E-state index contributed by atoms with van der Waals surface area (Å²) in [6.07, 6.45) is 5.17. The number of anilines is 1. The van der Waals surface area contributed by atoms with Crippen molar-refractivity contribution in [3.8, 4) is 0 Å². The van der Waals surface area contributed by atoms with E-state index >= 15 is 0 Å². The first kappa shape index (κ1) is 18.7. The molecule has 144 valence electrons. The highest BCUT2D eigenvalue weighted by molar-refractivity contribution is 6.30. The molecule has 0 bridgehead atoms. The molecule has 0 aliphatic heterocycles. The topological polar surface area (TPSA) is 64.0 Å². The van der Waals surface area contributed by atoms with Crippen molar-refractivity contribution in [2.24, 2.45) is 11.8 Å². The second-order valence-electron chi connectivity index (χ2n) is 7.43. The van der Waals surface area contributed by atoms with Crippen LogP contribution in [-0.4, -0.2) is 15.5 Å². The van der Waals surface area contributed by atoms with Crippen LogP contribution in [0.3, 0.4) is 0 Å². The van der Waals surface area contributed by atoms with E-state index in [4.69, 9.17) is 11.6 Å². The molecule has 2 aromatic carbocycles. The monoisotopic (exact) mass is 395 g/mol. The zero-order valence-electron chi connectivity index (χ0n) is 15.5. The summed E-state index contributed by atoms with van der Waals surface area (Å²) in [6.45, 7) is 0.655. The van der Waals surface area contributed by atoms with Gasteiger partial charge in [-0.25, -0.2) is 4.98 Å². The fourth-order valence-corrected chi connectivity index (χ4v) is 4.03. The minimum atomic E-state index is 0.00760. The maximum Gasteiger partial charge on any atom is 0.261 e. The second kappa shape index (κ2) is 8.15. The Balaban J connectivity index is 1.35. The van der Waals surface area contributed by atoms with Gasteiger partial charge in [-0.05, 0) is 68.0 Å². The van der Waals surface area contributed by atoms with Crippen LogP contribution in [0.2, 0.25) is 5.02 Å². The van der Waals surface area contributed by atoms with Gasteiger partial charge in [0.25, 0.3) is 5.56 Å². The van der Waals surface area contributed by atoms with Crippen LogP contribution >= 0.6 is 11.6 Å². The molecule has 0 spiro atoms. The molecule has 1 aliphatic carbocycles. The van der Waals surface area contributed by atoms with Crippen molar-refractivity contribution < 1.29 is 4.79 Å². The van der Waals surface area contributed by atoms with Gasteiger partial charge in [-0.3, -0.25) is 14.2 Å². The number of halogens is 1. The van der Waals surface area contributed by atoms with Gasteiger partial charge >= 0.3 is 0 Å². The van der Waals surface area contributed by atoms with Gasteiger partial charge in [0.1, 0.15) is 0 Å². The third kappa shape index (κ3) is 4.09. The first-order chi connectivity index (χ1) is 13.6. The number of rotatable bonds is 4. The molecule has 5 nitrogen and oxygen atoms in total. The molecule has 3 aromatic rings. The molecule has 1 heterocycles. The minimum absolute atomic E-state index is 0.00760. The van der Waals surface area contributed by atoms with Crippen LogP contribution < -0.4 is 10.9 Å². The molecule has 1 amide bonds. The van der Waals surface area contributed by atoms with Crippen LogP contribution in [0.25, 0.3) is 10.9 Å². The lowest BCUT2D eigenvalue weighted by Crippen LogP contribution is -2.30. The van der Waals surface area contributed by atoms with Crippen molar-refractivity contribution in [1.82, 2.24) is 9.55 Å². The summed E-state index contributed by atoms with van der Waals surface area (Å²) in [7, 11) is 0. The number of carbonyl (C=O) groups is 1. The summed E-state index contributed by atoms with van der Waals surface area (Å²) >= 11 is 5.88. The van der Waals surface area contributed by atoms with E-state index < -0.39 is 0 Å². The van der Waals surface area contributed by atoms with Crippen LogP contribution in [0.1, 0.15) is 25.7 Å². The molecule has 0 atom stereocenters. The van der Waals surface area contributed by atoms with Crippen LogP contribution in [0.5, 0.6) is 0 Å². The molecular weight excluding hydrogens is 374 g/mol. The van der Waals surface area contributed by atoms with Crippen molar-refractivity contribution in [3.63, 3.8) is 0 Å². The summed E-state index contributed by atoms with van der Waals surface area (Å²) in [5.41, 5.74) is 1.50. The Morgan fingerprint density at radius 3 is 2.54 bits per heavy atom. The SMILES string of the molecule is O=C(Nc1ccc(Cl)cc1)C1CCC(Cn2cnc3ccccc3c2=O)CC1. The number of amides is 1. The van der Waals surface area contributed by atoms with Gasteiger partial charge in [-0.15, -0.1) is 0 Å². The average molecular weight is 396 g/mol. The van der Waals surface area contributed by atoms with Crippen LogP contribution in [0.4, 0.5) is 5.69 Å². The van der Waals surface area contributed by atoms with Gasteiger partial charge in [0.05, 0.1) is 17.2 Å². The Morgan fingerprint density at radius 2 is 1.79 bits per heavy atom. The Morgan fingerprint density at radius 1 is 1.07 bits per heavy atom. The van der Waals surface area contributed by atoms with Crippen molar-refractivity contribution in [2.45, 2.75) is 32.2 Å². The predicted molar refractivity (Wildman–Crippen MR) is 112 cm³/mol. The van der Waals surface area contributed by atoms with Crippen molar-refractivity contribution in [1.29, 1.82) is 0 Å². The summed E-state index contributed by atoms with van der Waals surface area (Å²) < 4.78 is 1.71. The van der Waals surface area contributed by atoms with E-state index in [1.54, 1.807) is 23.0 Å². The van der Waals surface area contributed by atoms with E-state index in [1.807, 2.05) is 36.4 Å². The Hall–Kier alpha value is -2.66. The molecule has 1 fully saturated rings. The highest BCUT2D eigenvalue weighted by Crippen LogP contribution is 2.30. The zero-order chi connectivity index (χ0) is 19.5. The first-order valence-corrected chi connectivity index (χ1v) is 9.98. The lowest BCUT2D eigenvalue weighted by molar-refractivity contribution is -0.121. The molecule has 0 unspecified atom stereocenters. The lowest BCUT2D eigenvalue weighted by Gasteiger charge is -2.28. The minimum Gasteiger partial charge on any atom is -0.326 e. The molecule has 1 aliphatic rings. The largest absolute Gasteiger partial charge is 0.326 e. The summed E-state index contributed by atoms with van der Waals surface area (Å²) in [5.74, 6) is 0.462. The van der Waals surface area contributed by atoms with E-state index in [9.17, 15) is 9.59 Å². The maximum atomic E-state index is 12.7. The van der Waals surface area contributed by atoms with Crippen molar-refractivity contribution in [2.75, 3.05) is 5.32 Å². The van der Waals surface area contributed by atoms with Crippen LogP contribution in [-0.2, 0) is 11.3 Å². The van der Waals surface area contributed by atoms with Gasteiger partial charge in [0.15, 0.2) is 0 Å². The summed E-state index contributed by atoms with van der Waals surface area (Å²) in [6, 6.07) is 14.6. The molecule has 6 heteroatoms. The third-order valence-electron chi connectivity index (χ3n) is 5.52. The molecule has 28 heavy (non-hydrogen) atoms. The standard InChI is InChI=1S/C22H22ClN3O2/c23-17-9-11-18(12-10-17)25-21(27)16-7-5-15(6-8-16)13-26-14-24-20-4-2-1-3-19(20)22(26)28/h1-4,9-12,14-16H,5-8,13H2,(H,25,27). The van der Waals surface area contributed by atoms with E-state index in [2.05, 4.69) is 10.3 Å². The Labute approximate surface area is 168 Å². The van der Waals surface area contributed by atoms with Gasteiger partial charge in [0.2, 0.25) is 5.91 Å². The Kier molecular flexibility index (Phi) is 5.44. The van der Waals surface area contributed by atoms with Gasteiger partial charge in [0, 0.05) is 23.2 Å². The zero-order valence-corrected chi connectivity index (χ0v) is 16.2. The number of hydrogen-bond donors (Lipinski definition) is 1. The number of nitrogens with zero attached hydrogens (tertiary/aromatic N) is 2. The molecule has 1 saturated carbocycles. The van der Waals surface area contributed by atoms with E-state index in [0.717, 1.165) is 36.9 Å². The lowest BCUT2D eigenvalue weighted by atomic mass is 9.81. The van der Waals surface area contributed by atoms with Crippen LogP contribution in [0.15, 0.2) is 59.7 Å². The molecule has 4 rings (SSSR count). The summed E-state index contributed by atoms with van der Waals surface area (Å²) in [4.78, 5) is 29.6. The number of aromatic nitrogens is 2. The van der Waals surface area contributed by atoms with Crippen molar-refractivity contribution in [3.05, 3.63) is 70.2 Å². The molecule has 0 saturated heterocycles. The van der Waals surface area contributed by atoms with Crippen molar-refractivity contribution >= 4 is 34.1 Å². The van der Waals surface area contributed by atoms with Crippen LogP contribution in [0, 0.1) is 11.8 Å². The Bertz CT molecular complexity index is 1040. The number of hydrogen-bond acceptors (Lipinski definition) is 3. The van der Waals surface area contributed by atoms with E-state index in [0.29, 0.717) is 22.9 Å². The summed E-state index contributed by atoms with van der Waals surface area (Å²) in [5, 5.41) is 4.27. The molecular formula is C22H22ClN3O2. The first-order valence-electron chi connectivity index (χ1n) is 9.61. The quantitative estimate of drug-likeness (QED) is 0.707. The fourth-order valence-electron chi connectivity index (χ4n) is 3.90. The smallest absolute Gasteiger partial charge is 0.261 e. The van der Waals surface area contributed by atoms with Gasteiger partial charge < -0.3 is 5.32 Å². The molecule has 1 aromatic heterocycles. The molecule has 1 N–H and O–H groups in total. The maximum absolute atomic E-state index is 12.7. The fraction of sp³-hybridized carbons (Fsp3) is 0.318. The number of fused-ring (bicyclic) bond motifs is 1.